The molecule has 0 aliphatic carbocycles. The van der Waals surface area contributed by atoms with Crippen molar-refractivity contribution in [3.8, 4) is 5.75 Å². The maximum atomic E-state index is 11.4. The molecule has 4 nitrogen and oxygen atoms in total. The van der Waals surface area contributed by atoms with Gasteiger partial charge < -0.3 is 10.1 Å². The van der Waals surface area contributed by atoms with Gasteiger partial charge in [-0.2, -0.15) is 0 Å². The Kier molecular flexibility index (Phi) is 3.87. The Morgan fingerprint density at radius 2 is 2.05 bits per heavy atom. The average molecular weight is 295 g/mol. The van der Waals surface area contributed by atoms with Crippen LogP contribution in [0.1, 0.15) is 24.8 Å². The quantitative estimate of drug-likeness (QED) is 0.929. The second-order valence-corrected chi connectivity index (χ2v) is 8.06. The van der Waals surface area contributed by atoms with Gasteiger partial charge in [-0.3, -0.25) is 0 Å². The highest BCUT2D eigenvalue weighted by Crippen LogP contribution is 2.27. The van der Waals surface area contributed by atoms with Crippen molar-refractivity contribution in [1.29, 1.82) is 0 Å². The molecule has 110 valence electrons. The van der Waals surface area contributed by atoms with Gasteiger partial charge >= 0.3 is 0 Å². The van der Waals surface area contributed by atoms with Crippen LogP contribution in [-0.4, -0.2) is 33.1 Å². The molecule has 2 aliphatic heterocycles. The van der Waals surface area contributed by atoms with Crippen molar-refractivity contribution < 1.29 is 13.2 Å². The predicted octanol–water partition coefficient (Wildman–Crippen LogP) is 2.25. The highest BCUT2D eigenvalue weighted by molar-refractivity contribution is 7.91. The molecule has 2 aliphatic rings. The second-order valence-electron chi connectivity index (χ2n) is 5.76. The number of sulfone groups is 1. The summed E-state index contributed by atoms with van der Waals surface area (Å²) in [6.07, 6.45) is 3.77. The van der Waals surface area contributed by atoms with Gasteiger partial charge in [0.1, 0.15) is 15.6 Å². The van der Waals surface area contributed by atoms with E-state index >= 15 is 0 Å². The number of hydrogen-bond acceptors (Lipinski definition) is 4. The lowest BCUT2D eigenvalue weighted by Gasteiger charge is -2.23. The highest BCUT2D eigenvalue weighted by atomic mass is 32.2. The van der Waals surface area contributed by atoms with Crippen molar-refractivity contribution in [2.75, 3.05) is 30.0 Å². The zero-order valence-corrected chi connectivity index (χ0v) is 12.4. The summed E-state index contributed by atoms with van der Waals surface area (Å²) in [4.78, 5) is 0. The van der Waals surface area contributed by atoms with Crippen LogP contribution in [0, 0.1) is 5.92 Å². The van der Waals surface area contributed by atoms with Gasteiger partial charge in [0.25, 0.3) is 0 Å². The first-order valence-electron chi connectivity index (χ1n) is 7.32. The highest BCUT2D eigenvalue weighted by Gasteiger charge is 2.24. The first-order chi connectivity index (χ1) is 9.62. The van der Waals surface area contributed by atoms with E-state index in [1.54, 1.807) is 0 Å². The van der Waals surface area contributed by atoms with Crippen molar-refractivity contribution >= 4 is 15.5 Å². The van der Waals surface area contributed by atoms with Gasteiger partial charge in [-0.05, 0) is 43.2 Å². The maximum Gasteiger partial charge on any atom is 0.150 e. The normalized spacial score (nSPS) is 21.8. The number of nitrogens with one attached hydrogen (secondary N) is 1. The summed E-state index contributed by atoms with van der Waals surface area (Å²) in [6, 6.07) is 6.21. The molecule has 0 unspecified atom stereocenters. The number of aryl methyl sites for hydroxylation is 1. The third kappa shape index (κ3) is 3.26. The van der Waals surface area contributed by atoms with Gasteiger partial charge in [0.05, 0.1) is 18.1 Å². The smallest absolute Gasteiger partial charge is 0.150 e. The molecule has 1 aromatic rings. The summed E-state index contributed by atoms with van der Waals surface area (Å²) in [6.45, 7) is 1.64. The van der Waals surface area contributed by atoms with Crippen LogP contribution in [0.25, 0.3) is 0 Å². The minimum absolute atomic E-state index is 0.312. The molecule has 5 heteroatoms. The molecular formula is C15H21NO3S. The van der Waals surface area contributed by atoms with Crippen molar-refractivity contribution in [3.63, 3.8) is 0 Å². The summed E-state index contributed by atoms with van der Waals surface area (Å²) >= 11 is 0. The molecule has 1 fully saturated rings. The van der Waals surface area contributed by atoms with Crippen molar-refractivity contribution in [1.82, 2.24) is 0 Å². The molecule has 2 heterocycles. The second kappa shape index (κ2) is 5.64. The van der Waals surface area contributed by atoms with E-state index in [9.17, 15) is 8.42 Å². The molecule has 1 saturated heterocycles. The topological polar surface area (TPSA) is 55.4 Å². The minimum atomic E-state index is -2.78. The van der Waals surface area contributed by atoms with Gasteiger partial charge in [0, 0.05) is 18.3 Å². The summed E-state index contributed by atoms with van der Waals surface area (Å²) in [7, 11) is -2.78. The van der Waals surface area contributed by atoms with Crippen LogP contribution in [0.3, 0.4) is 0 Å². The Morgan fingerprint density at radius 3 is 2.85 bits per heavy atom. The fraction of sp³-hybridized carbons (Fsp3) is 0.600. The third-order valence-corrected chi connectivity index (χ3v) is 5.90. The van der Waals surface area contributed by atoms with E-state index in [0.717, 1.165) is 31.6 Å². The fourth-order valence-corrected chi connectivity index (χ4v) is 4.44. The number of hydrogen-bond donors (Lipinski definition) is 1. The summed E-state index contributed by atoms with van der Waals surface area (Å²) in [5.74, 6) is 1.87. The standard InChI is InChI=1S/C15H21NO3S/c17-20(18)8-5-12(6-9-20)11-19-14-4-3-13-2-1-7-16-15(13)10-14/h3-4,10,12,16H,1-2,5-9,11H2. The van der Waals surface area contributed by atoms with Crippen LogP contribution in [0.4, 0.5) is 5.69 Å². The Morgan fingerprint density at radius 1 is 1.25 bits per heavy atom. The third-order valence-electron chi connectivity index (χ3n) is 4.18. The lowest BCUT2D eigenvalue weighted by atomic mass is 10.0. The van der Waals surface area contributed by atoms with Gasteiger partial charge in [-0.15, -0.1) is 0 Å². The van der Waals surface area contributed by atoms with E-state index in [0.29, 0.717) is 24.0 Å². The molecule has 0 amide bonds. The lowest BCUT2D eigenvalue weighted by Crippen LogP contribution is -2.26. The largest absolute Gasteiger partial charge is 0.493 e. The summed E-state index contributed by atoms with van der Waals surface area (Å²) < 4.78 is 28.6. The van der Waals surface area contributed by atoms with Crippen molar-refractivity contribution in [3.05, 3.63) is 23.8 Å². The molecular weight excluding hydrogens is 274 g/mol. The zero-order chi connectivity index (χ0) is 14.0. The number of fused-ring (bicyclic) bond motifs is 1. The fourth-order valence-electron chi connectivity index (χ4n) is 2.85. The maximum absolute atomic E-state index is 11.4. The van der Waals surface area contributed by atoms with Crippen LogP contribution in [-0.2, 0) is 16.3 Å². The van der Waals surface area contributed by atoms with Crippen LogP contribution in [0.5, 0.6) is 5.75 Å². The Bertz CT molecular complexity index is 569. The molecule has 0 atom stereocenters. The molecule has 20 heavy (non-hydrogen) atoms. The van der Waals surface area contributed by atoms with E-state index in [2.05, 4.69) is 17.4 Å². The minimum Gasteiger partial charge on any atom is -0.493 e. The SMILES string of the molecule is O=S1(=O)CCC(COc2ccc3c(c2)NCCC3)CC1. The van der Waals surface area contributed by atoms with Gasteiger partial charge in [-0.1, -0.05) is 6.07 Å². The molecule has 0 saturated carbocycles. The first kappa shape index (κ1) is 13.7. The van der Waals surface area contributed by atoms with Gasteiger partial charge in [-0.25, -0.2) is 8.42 Å². The van der Waals surface area contributed by atoms with E-state index in [4.69, 9.17) is 4.74 Å². The van der Waals surface area contributed by atoms with Gasteiger partial charge in [0.15, 0.2) is 0 Å². The van der Waals surface area contributed by atoms with E-state index in [-0.39, 0.29) is 0 Å². The summed E-state index contributed by atoms with van der Waals surface area (Å²) in [5.41, 5.74) is 2.53. The number of ether oxygens (including phenoxy) is 1. The first-order valence-corrected chi connectivity index (χ1v) is 9.14. The van der Waals surface area contributed by atoms with Crippen molar-refractivity contribution in [2.45, 2.75) is 25.7 Å². The molecule has 3 rings (SSSR count). The molecule has 1 aromatic carbocycles. The van der Waals surface area contributed by atoms with Crippen LogP contribution in [0.2, 0.25) is 0 Å². The Balaban J connectivity index is 1.56. The molecule has 0 radical (unpaired) electrons. The number of benzene rings is 1. The zero-order valence-electron chi connectivity index (χ0n) is 11.6. The van der Waals surface area contributed by atoms with Crippen LogP contribution >= 0.6 is 0 Å². The average Bonchev–Trinajstić information content (AvgIpc) is 2.46. The predicted molar refractivity (Wildman–Crippen MR) is 80.1 cm³/mol. The monoisotopic (exact) mass is 295 g/mol. The Hall–Kier alpha value is -1.23. The van der Waals surface area contributed by atoms with Crippen LogP contribution < -0.4 is 10.1 Å². The van der Waals surface area contributed by atoms with Crippen LogP contribution in [0.15, 0.2) is 18.2 Å². The molecule has 0 spiro atoms. The van der Waals surface area contributed by atoms with Gasteiger partial charge in [0.2, 0.25) is 0 Å². The lowest BCUT2D eigenvalue weighted by molar-refractivity contribution is 0.238. The Labute approximate surface area is 120 Å². The molecule has 0 aromatic heterocycles. The number of rotatable bonds is 3. The molecule has 0 bridgehead atoms. The molecule has 1 N–H and O–H groups in total. The summed E-state index contributed by atoms with van der Waals surface area (Å²) in [5, 5.41) is 3.39. The van der Waals surface area contributed by atoms with E-state index in [1.807, 2.05) is 6.07 Å². The van der Waals surface area contributed by atoms with E-state index in [1.165, 1.54) is 17.7 Å². The van der Waals surface area contributed by atoms with E-state index < -0.39 is 9.84 Å². The number of anilines is 1. The van der Waals surface area contributed by atoms with Crippen molar-refractivity contribution in [2.24, 2.45) is 5.92 Å².